The Morgan fingerprint density at radius 2 is 2.04 bits per heavy atom. The third kappa shape index (κ3) is 4.29. The molecule has 2 heterocycles. The topological polar surface area (TPSA) is 76.6 Å². The van der Waals surface area contributed by atoms with Gasteiger partial charge in [-0.25, -0.2) is 4.79 Å². The number of ether oxygens (including phenoxy) is 1. The molecule has 2 rings (SSSR count). The minimum absolute atomic E-state index is 0.00524. The van der Waals surface area contributed by atoms with E-state index >= 15 is 0 Å². The monoisotopic (exact) mass is 360 g/mol. The standard InChI is InChI=1S/C20H28N2O4/c1-5-8-14-10-12-22(18(24)17(23)20(3,4)6-2)16(14)19(25)26-15-9-7-11-21-13-15/h7,9,11,13-14,16H,5-6,8,10,12H2,1-4H3/t14?,16-/m0/s1. The second-order valence-corrected chi connectivity index (χ2v) is 7.46. The summed E-state index contributed by atoms with van der Waals surface area (Å²) in [5, 5.41) is 0. The number of carbonyl (C=O) groups excluding carboxylic acids is 3. The van der Waals surface area contributed by atoms with E-state index in [1.807, 2.05) is 13.8 Å². The van der Waals surface area contributed by atoms with Crippen molar-refractivity contribution in [2.45, 2.75) is 59.4 Å². The van der Waals surface area contributed by atoms with Crippen LogP contribution in [0.3, 0.4) is 0 Å². The van der Waals surface area contributed by atoms with Crippen molar-refractivity contribution in [3.8, 4) is 5.75 Å². The smallest absolute Gasteiger partial charge is 0.334 e. The van der Waals surface area contributed by atoms with Crippen LogP contribution in [-0.4, -0.2) is 40.1 Å². The average molecular weight is 360 g/mol. The lowest BCUT2D eigenvalue weighted by molar-refractivity contribution is -0.154. The molecule has 6 heteroatoms. The predicted octanol–water partition coefficient (Wildman–Crippen LogP) is 3.01. The fraction of sp³-hybridized carbons (Fsp3) is 0.600. The van der Waals surface area contributed by atoms with Crippen LogP contribution in [0.25, 0.3) is 0 Å². The Morgan fingerprint density at radius 1 is 1.31 bits per heavy atom. The summed E-state index contributed by atoms with van der Waals surface area (Å²) in [6.07, 6.45) is 6.02. The van der Waals surface area contributed by atoms with Gasteiger partial charge in [0.15, 0.2) is 0 Å². The highest BCUT2D eigenvalue weighted by molar-refractivity contribution is 6.38. The highest BCUT2D eigenvalue weighted by atomic mass is 16.5. The number of likely N-dealkylation sites (tertiary alicyclic amines) is 1. The van der Waals surface area contributed by atoms with Crippen LogP contribution in [0.5, 0.6) is 5.75 Å². The van der Waals surface area contributed by atoms with E-state index in [4.69, 9.17) is 4.74 Å². The van der Waals surface area contributed by atoms with Gasteiger partial charge in [-0.3, -0.25) is 14.6 Å². The number of hydrogen-bond acceptors (Lipinski definition) is 5. The Balaban J connectivity index is 2.23. The molecule has 0 radical (unpaired) electrons. The normalized spacial score (nSPS) is 20.1. The molecule has 1 fully saturated rings. The van der Waals surface area contributed by atoms with Crippen LogP contribution in [0.4, 0.5) is 0 Å². The van der Waals surface area contributed by atoms with E-state index in [1.165, 1.54) is 11.1 Å². The maximum atomic E-state index is 12.8. The molecule has 0 saturated carbocycles. The van der Waals surface area contributed by atoms with E-state index in [2.05, 4.69) is 4.98 Å². The summed E-state index contributed by atoms with van der Waals surface area (Å²) in [4.78, 5) is 43.6. The van der Waals surface area contributed by atoms with Gasteiger partial charge in [0.1, 0.15) is 11.8 Å². The van der Waals surface area contributed by atoms with Crippen LogP contribution < -0.4 is 4.74 Å². The van der Waals surface area contributed by atoms with E-state index in [0.717, 1.165) is 12.8 Å². The average Bonchev–Trinajstić information content (AvgIpc) is 3.05. The van der Waals surface area contributed by atoms with E-state index in [0.29, 0.717) is 25.1 Å². The van der Waals surface area contributed by atoms with Gasteiger partial charge < -0.3 is 9.64 Å². The van der Waals surface area contributed by atoms with Crippen LogP contribution in [0.2, 0.25) is 0 Å². The molecule has 0 aliphatic carbocycles. The predicted molar refractivity (Wildman–Crippen MR) is 97.5 cm³/mol. The van der Waals surface area contributed by atoms with Crippen molar-refractivity contribution >= 4 is 17.7 Å². The third-order valence-electron chi connectivity index (χ3n) is 5.23. The molecule has 0 bridgehead atoms. The van der Waals surface area contributed by atoms with Crippen LogP contribution in [0.15, 0.2) is 24.5 Å². The minimum Gasteiger partial charge on any atom is -0.423 e. The van der Waals surface area contributed by atoms with Gasteiger partial charge in [-0.05, 0) is 37.3 Å². The molecule has 26 heavy (non-hydrogen) atoms. The summed E-state index contributed by atoms with van der Waals surface area (Å²) < 4.78 is 5.44. The van der Waals surface area contributed by atoms with Crippen molar-refractivity contribution in [3.05, 3.63) is 24.5 Å². The molecule has 6 nitrogen and oxygen atoms in total. The van der Waals surface area contributed by atoms with Crippen LogP contribution in [0.1, 0.15) is 53.4 Å². The molecule has 1 amide bonds. The van der Waals surface area contributed by atoms with E-state index < -0.39 is 29.1 Å². The maximum Gasteiger partial charge on any atom is 0.334 e. The minimum atomic E-state index is -0.738. The Hall–Kier alpha value is -2.24. The second-order valence-electron chi connectivity index (χ2n) is 7.46. The fourth-order valence-electron chi connectivity index (χ4n) is 3.24. The first-order valence-corrected chi connectivity index (χ1v) is 9.29. The van der Waals surface area contributed by atoms with Crippen molar-refractivity contribution in [1.82, 2.24) is 9.88 Å². The lowest BCUT2D eigenvalue weighted by Crippen LogP contribution is -2.50. The molecule has 142 valence electrons. The highest BCUT2D eigenvalue weighted by Crippen LogP contribution is 2.32. The number of nitrogens with zero attached hydrogens (tertiary/aromatic N) is 2. The first kappa shape index (κ1) is 20.1. The summed E-state index contributed by atoms with van der Waals surface area (Å²) in [6, 6.07) is 2.60. The first-order valence-electron chi connectivity index (χ1n) is 9.29. The van der Waals surface area contributed by atoms with Gasteiger partial charge in [-0.1, -0.05) is 34.1 Å². The Bertz CT molecular complexity index is 657. The van der Waals surface area contributed by atoms with Crippen molar-refractivity contribution in [2.24, 2.45) is 11.3 Å². The highest BCUT2D eigenvalue weighted by Gasteiger charge is 2.46. The van der Waals surface area contributed by atoms with Crippen LogP contribution >= 0.6 is 0 Å². The fourth-order valence-corrected chi connectivity index (χ4v) is 3.24. The molecule has 0 spiro atoms. The number of esters is 1. The van der Waals surface area contributed by atoms with Crippen LogP contribution in [-0.2, 0) is 14.4 Å². The SMILES string of the molecule is CCCC1CCN(C(=O)C(=O)C(C)(C)CC)[C@@H]1C(=O)Oc1cccnc1. The van der Waals surface area contributed by atoms with Gasteiger partial charge in [-0.15, -0.1) is 0 Å². The van der Waals surface area contributed by atoms with Gasteiger partial charge >= 0.3 is 5.97 Å². The number of Topliss-reactive ketones (excluding diaryl/α,β-unsaturated/α-hetero) is 1. The number of rotatable bonds is 7. The zero-order valence-corrected chi connectivity index (χ0v) is 16.0. The Kier molecular flexibility index (Phi) is 6.51. The molecule has 1 unspecified atom stereocenters. The zero-order valence-electron chi connectivity index (χ0n) is 16.0. The number of aromatic nitrogens is 1. The van der Waals surface area contributed by atoms with Crippen LogP contribution in [0, 0.1) is 11.3 Å². The number of ketones is 1. The molecule has 0 N–H and O–H groups in total. The summed E-state index contributed by atoms with van der Waals surface area (Å²) in [5.74, 6) is -1.18. The molecular formula is C20H28N2O4. The molecular weight excluding hydrogens is 332 g/mol. The van der Waals surface area contributed by atoms with Crippen molar-refractivity contribution < 1.29 is 19.1 Å². The van der Waals surface area contributed by atoms with E-state index in [9.17, 15) is 14.4 Å². The lowest BCUT2D eigenvalue weighted by Gasteiger charge is -2.29. The summed E-state index contributed by atoms with van der Waals surface area (Å²) in [5.41, 5.74) is -0.738. The molecule has 1 aliphatic heterocycles. The summed E-state index contributed by atoms with van der Waals surface area (Å²) >= 11 is 0. The van der Waals surface area contributed by atoms with Crippen molar-refractivity contribution in [3.63, 3.8) is 0 Å². The lowest BCUT2D eigenvalue weighted by atomic mass is 9.84. The first-order chi connectivity index (χ1) is 12.3. The van der Waals surface area contributed by atoms with E-state index in [-0.39, 0.29) is 5.92 Å². The largest absolute Gasteiger partial charge is 0.423 e. The molecule has 1 aromatic heterocycles. The van der Waals surface area contributed by atoms with Gasteiger partial charge in [0, 0.05) is 18.2 Å². The Labute approximate surface area is 154 Å². The molecule has 1 aliphatic rings. The number of amides is 1. The molecule has 1 aromatic rings. The summed E-state index contributed by atoms with van der Waals surface area (Å²) in [7, 11) is 0. The van der Waals surface area contributed by atoms with Crippen molar-refractivity contribution in [1.29, 1.82) is 0 Å². The van der Waals surface area contributed by atoms with E-state index in [1.54, 1.807) is 32.2 Å². The maximum absolute atomic E-state index is 12.8. The molecule has 0 aromatic carbocycles. The molecule has 1 saturated heterocycles. The van der Waals surface area contributed by atoms with Crippen molar-refractivity contribution in [2.75, 3.05) is 6.54 Å². The Morgan fingerprint density at radius 3 is 2.62 bits per heavy atom. The summed E-state index contributed by atoms with van der Waals surface area (Å²) in [6.45, 7) is 7.84. The number of carbonyl (C=O) groups is 3. The molecule has 2 atom stereocenters. The van der Waals surface area contributed by atoms with Gasteiger partial charge in [0.2, 0.25) is 5.78 Å². The third-order valence-corrected chi connectivity index (χ3v) is 5.23. The van der Waals surface area contributed by atoms with Gasteiger partial charge in [0.25, 0.3) is 5.91 Å². The number of hydrogen-bond donors (Lipinski definition) is 0. The second kappa shape index (κ2) is 8.43. The van der Waals surface area contributed by atoms with Gasteiger partial charge in [0.05, 0.1) is 6.20 Å². The van der Waals surface area contributed by atoms with Gasteiger partial charge in [-0.2, -0.15) is 0 Å². The number of pyridine rings is 1. The quantitative estimate of drug-likeness (QED) is 0.552. The zero-order chi connectivity index (χ0) is 19.3.